The predicted octanol–water partition coefficient (Wildman–Crippen LogP) is 3.94. The molecule has 0 aliphatic carbocycles. The van der Waals surface area contributed by atoms with Gasteiger partial charge in [-0.05, 0) is 38.1 Å². The van der Waals surface area contributed by atoms with E-state index >= 15 is 0 Å². The van der Waals surface area contributed by atoms with E-state index in [1.54, 1.807) is 6.20 Å². The van der Waals surface area contributed by atoms with E-state index in [1.807, 2.05) is 49.1 Å². The van der Waals surface area contributed by atoms with Crippen LogP contribution < -0.4 is 0 Å². The lowest BCUT2D eigenvalue weighted by Gasteiger charge is -2.06. The zero-order valence-corrected chi connectivity index (χ0v) is 12.8. The maximum atomic E-state index is 4.25. The van der Waals surface area contributed by atoms with Crippen LogP contribution in [0.4, 0.5) is 0 Å². The lowest BCUT2D eigenvalue weighted by atomic mass is 10.2. The summed E-state index contributed by atoms with van der Waals surface area (Å²) < 4.78 is 4.01. The fourth-order valence-electron chi connectivity index (χ4n) is 1.77. The topological polar surface area (TPSA) is 35.6 Å². The van der Waals surface area contributed by atoms with Crippen molar-refractivity contribution >= 4 is 0 Å². The molecule has 2 aliphatic heterocycles. The van der Waals surface area contributed by atoms with E-state index in [4.69, 9.17) is 0 Å². The van der Waals surface area contributed by atoms with Gasteiger partial charge in [0.25, 0.3) is 0 Å². The van der Waals surface area contributed by atoms with Gasteiger partial charge in [0.1, 0.15) is 5.82 Å². The van der Waals surface area contributed by atoms with Gasteiger partial charge in [-0.2, -0.15) is 5.10 Å². The molecule has 1 aromatic heterocycles. The van der Waals surface area contributed by atoms with Crippen LogP contribution in [0, 0.1) is 0 Å². The monoisotopic (exact) mass is 272 g/mol. The standard InChI is InChI=1S/C9H10N2.C5H8N2.C2H6/c1-2-11-7-3-4-8-5-6-10-9(8)11;1-2-7-5-3-4-6-7;1-2/h3-7H,2H2,1H3;3-5H,2H2,1H3;1-2H3. The molecule has 20 heavy (non-hydrogen) atoms. The third kappa shape index (κ3) is 4.23. The highest BCUT2D eigenvalue weighted by atomic mass is 15.2. The van der Waals surface area contributed by atoms with Crippen molar-refractivity contribution in [1.82, 2.24) is 19.3 Å². The number of fused-ring (bicyclic) bond motifs is 1. The van der Waals surface area contributed by atoms with E-state index in [2.05, 4.69) is 40.8 Å². The highest BCUT2D eigenvalue weighted by Crippen LogP contribution is 2.18. The summed E-state index contributed by atoms with van der Waals surface area (Å²) in [5, 5.41) is 3.95. The van der Waals surface area contributed by atoms with Crippen molar-refractivity contribution in [2.24, 2.45) is 0 Å². The van der Waals surface area contributed by atoms with Crippen molar-refractivity contribution in [2.45, 2.75) is 40.8 Å². The molecular formula is C16H24N4. The Hall–Kier alpha value is -2.10. The maximum absolute atomic E-state index is 4.25. The first-order valence-electron chi connectivity index (χ1n) is 7.22. The van der Waals surface area contributed by atoms with E-state index in [0.29, 0.717) is 0 Å². The number of hydrogen-bond donors (Lipinski definition) is 0. The molecule has 0 atom stereocenters. The molecule has 0 spiro atoms. The van der Waals surface area contributed by atoms with Gasteiger partial charge >= 0.3 is 0 Å². The van der Waals surface area contributed by atoms with Crippen LogP contribution in [-0.4, -0.2) is 19.3 Å². The summed E-state index contributed by atoms with van der Waals surface area (Å²) in [5.41, 5.74) is 1.22. The molecule has 3 heterocycles. The normalized spacial score (nSPS) is 9.40. The first kappa shape index (κ1) is 16.0. The maximum Gasteiger partial charge on any atom is 0.139 e. The minimum absolute atomic E-state index is 0.965. The van der Waals surface area contributed by atoms with Crippen molar-refractivity contribution in [3.8, 4) is 11.4 Å². The summed E-state index contributed by atoms with van der Waals surface area (Å²) >= 11 is 0. The second-order valence-electron chi connectivity index (χ2n) is 3.88. The average Bonchev–Trinajstić information content (AvgIpc) is 3.20. The Morgan fingerprint density at radius 1 is 0.950 bits per heavy atom. The van der Waals surface area contributed by atoms with Crippen LogP contribution in [0.15, 0.2) is 49.1 Å². The Balaban J connectivity index is 0.000000193. The fraction of sp³-hybridized carbons (Fsp3) is 0.375. The highest BCUT2D eigenvalue weighted by molar-refractivity contribution is 5.56. The van der Waals surface area contributed by atoms with Gasteiger partial charge in [-0.15, -0.1) is 0 Å². The number of aryl methyl sites for hydroxylation is 2. The molecule has 3 rings (SSSR count). The Bertz CT molecular complexity index is 540. The molecule has 0 saturated heterocycles. The average molecular weight is 272 g/mol. The molecule has 0 unspecified atom stereocenters. The number of aromatic nitrogens is 4. The minimum Gasteiger partial charge on any atom is -0.333 e. The van der Waals surface area contributed by atoms with E-state index in [0.717, 1.165) is 18.9 Å². The summed E-state index contributed by atoms with van der Waals surface area (Å²) in [5.74, 6) is 1.08. The quantitative estimate of drug-likeness (QED) is 0.708. The molecule has 108 valence electrons. The van der Waals surface area contributed by atoms with Gasteiger partial charge in [0.05, 0.1) is 0 Å². The number of nitrogens with zero attached hydrogens (tertiary/aromatic N) is 4. The van der Waals surface area contributed by atoms with Crippen molar-refractivity contribution in [1.29, 1.82) is 0 Å². The van der Waals surface area contributed by atoms with Gasteiger partial charge in [-0.1, -0.05) is 13.8 Å². The molecule has 0 amide bonds. The molecule has 0 bridgehead atoms. The Morgan fingerprint density at radius 2 is 1.75 bits per heavy atom. The van der Waals surface area contributed by atoms with Crippen LogP contribution in [0.25, 0.3) is 11.4 Å². The van der Waals surface area contributed by atoms with Gasteiger partial charge < -0.3 is 4.57 Å². The third-order valence-electron chi connectivity index (χ3n) is 2.75. The summed E-state index contributed by atoms with van der Waals surface area (Å²) in [6.07, 6.45) is 7.62. The summed E-state index contributed by atoms with van der Waals surface area (Å²) in [6, 6.07) is 8.08. The van der Waals surface area contributed by atoms with Crippen molar-refractivity contribution in [3.63, 3.8) is 0 Å². The summed E-state index contributed by atoms with van der Waals surface area (Å²) in [4.78, 5) is 4.25. The Morgan fingerprint density at radius 3 is 2.30 bits per heavy atom. The first-order chi connectivity index (χ1) is 9.85. The lowest BCUT2D eigenvalue weighted by Crippen LogP contribution is -1.99. The van der Waals surface area contributed by atoms with Crippen molar-refractivity contribution in [3.05, 3.63) is 49.1 Å². The Labute approximate surface area is 121 Å². The van der Waals surface area contributed by atoms with Gasteiger partial charge in [0, 0.05) is 43.4 Å². The fourth-order valence-corrected chi connectivity index (χ4v) is 1.77. The number of hydrogen-bond acceptors (Lipinski definition) is 2. The van der Waals surface area contributed by atoms with Crippen LogP contribution >= 0.6 is 0 Å². The molecule has 0 N–H and O–H groups in total. The number of pyridine rings is 1. The molecule has 2 aliphatic rings. The predicted molar refractivity (Wildman–Crippen MR) is 83.8 cm³/mol. The van der Waals surface area contributed by atoms with E-state index in [-0.39, 0.29) is 0 Å². The van der Waals surface area contributed by atoms with E-state index in [9.17, 15) is 0 Å². The van der Waals surface area contributed by atoms with Crippen LogP contribution in [0.3, 0.4) is 0 Å². The van der Waals surface area contributed by atoms with Gasteiger partial charge in [0.2, 0.25) is 0 Å². The van der Waals surface area contributed by atoms with Crippen LogP contribution in [0.5, 0.6) is 0 Å². The second-order valence-corrected chi connectivity index (χ2v) is 3.88. The zero-order chi connectivity index (χ0) is 14.8. The zero-order valence-electron chi connectivity index (χ0n) is 12.8. The summed E-state index contributed by atoms with van der Waals surface area (Å²) in [6.45, 7) is 10.1. The van der Waals surface area contributed by atoms with Gasteiger partial charge in [0.15, 0.2) is 0 Å². The molecule has 0 radical (unpaired) electrons. The minimum atomic E-state index is 0.965. The molecular weight excluding hydrogens is 248 g/mol. The molecule has 0 aromatic carbocycles. The van der Waals surface area contributed by atoms with E-state index < -0.39 is 0 Å². The molecule has 0 fully saturated rings. The van der Waals surface area contributed by atoms with Crippen molar-refractivity contribution in [2.75, 3.05) is 0 Å². The van der Waals surface area contributed by atoms with Gasteiger partial charge in [-0.25, -0.2) is 4.98 Å². The molecule has 4 heteroatoms. The second kappa shape index (κ2) is 8.91. The van der Waals surface area contributed by atoms with Gasteiger partial charge in [-0.3, -0.25) is 4.68 Å². The molecule has 1 aromatic rings. The van der Waals surface area contributed by atoms with Crippen molar-refractivity contribution < 1.29 is 0 Å². The SMILES string of the molecule is CC.CCn1cccc2ccnc1-2.CCn1cccn1. The van der Waals surface area contributed by atoms with Crippen LogP contribution in [0.1, 0.15) is 27.7 Å². The first-order valence-corrected chi connectivity index (χ1v) is 7.22. The van der Waals surface area contributed by atoms with Crippen LogP contribution in [-0.2, 0) is 13.1 Å². The lowest BCUT2D eigenvalue weighted by molar-refractivity contribution is 0.660. The summed E-state index contributed by atoms with van der Waals surface area (Å²) in [7, 11) is 0. The number of rotatable bonds is 2. The molecule has 0 saturated carbocycles. The Kier molecular flexibility index (Phi) is 7.11. The largest absolute Gasteiger partial charge is 0.333 e. The highest BCUT2D eigenvalue weighted by Gasteiger charge is 2.04. The smallest absolute Gasteiger partial charge is 0.139 e. The van der Waals surface area contributed by atoms with E-state index in [1.165, 1.54) is 5.56 Å². The third-order valence-corrected chi connectivity index (χ3v) is 2.75. The molecule has 4 nitrogen and oxygen atoms in total. The van der Waals surface area contributed by atoms with Crippen LogP contribution in [0.2, 0.25) is 0 Å².